The van der Waals surface area contributed by atoms with Gasteiger partial charge in [0.15, 0.2) is 11.3 Å². The van der Waals surface area contributed by atoms with Gasteiger partial charge in [-0.2, -0.15) is 0 Å². The molecule has 0 amide bonds. The second-order valence-electron chi connectivity index (χ2n) is 13.0. The van der Waals surface area contributed by atoms with Crippen molar-refractivity contribution in [3.05, 3.63) is 140 Å². The number of aldehydes is 1. The van der Waals surface area contributed by atoms with Crippen LogP contribution in [0.15, 0.2) is 96.5 Å². The molecule has 15 heteroatoms. The third-order valence-corrected chi connectivity index (χ3v) is 10.7. The zero-order valence-electron chi connectivity index (χ0n) is 30.1. The number of carbonyl (C=O) groups is 1. The van der Waals surface area contributed by atoms with Crippen LogP contribution < -0.4 is 16.0 Å². The summed E-state index contributed by atoms with van der Waals surface area (Å²) in [5, 5.41) is 17.9. The molecule has 0 fully saturated rings. The topological polar surface area (TPSA) is 160 Å². The van der Waals surface area contributed by atoms with Crippen molar-refractivity contribution in [2.45, 2.75) is 46.6 Å². The highest BCUT2D eigenvalue weighted by Gasteiger charge is 2.25. The second kappa shape index (κ2) is 16.5. The number of carbonyl (C=O) groups excluding carboxylic acids is 1. The zero-order chi connectivity index (χ0) is 37.6. The second-order valence-corrected chi connectivity index (χ2v) is 14.8. The van der Waals surface area contributed by atoms with Gasteiger partial charge < -0.3 is 16.0 Å². The van der Waals surface area contributed by atoms with Crippen LogP contribution in [0.2, 0.25) is 0 Å². The van der Waals surface area contributed by atoms with Crippen molar-refractivity contribution in [1.82, 2.24) is 50.1 Å². The number of hydrogen-bond acceptors (Lipinski definition) is 15. The molecule has 0 unspecified atom stereocenters. The average Bonchev–Trinajstić information content (AvgIpc) is 4.04. The Morgan fingerprint density at radius 3 is 1.93 bits per heavy atom. The zero-order valence-corrected chi connectivity index (χ0v) is 31.7. The Balaban J connectivity index is 0.000000133. The first kappa shape index (κ1) is 35.9. The normalized spacial score (nSPS) is 13.0. The lowest BCUT2D eigenvalue weighted by molar-refractivity contribution is 0.112. The van der Waals surface area contributed by atoms with E-state index in [1.165, 1.54) is 11.3 Å². The summed E-state index contributed by atoms with van der Waals surface area (Å²) in [5.41, 5.74) is 10.3. The molecule has 3 N–H and O–H groups in total. The number of para-hydroxylation sites is 2. The van der Waals surface area contributed by atoms with Crippen LogP contribution in [0.5, 0.6) is 0 Å². The quantitative estimate of drug-likeness (QED) is 0.136. The number of aryl methyl sites for hydroxylation is 2. The molecule has 0 spiro atoms. The largest absolute Gasteiger partial charge is 0.339 e. The Hall–Kier alpha value is -6.13. The lowest BCUT2D eigenvalue weighted by Crippen LogP contribution is -2.15. The first-order chi connectivity index (χ1) is 27.0. The summed E-state index contributed by atoms with van der Waals surface area (Å²) in [4.78, 5) is 47.3. The lowest BCUT2D eigenvalue weighted by Gasteiger charge is -2.12. The van der Waals surface area contributed by atoms with Gasteiger partial charge in [0.2, 0.25) is 0 Å². The number of thiazole rings is 2. The summed E-state index contributed by atoms with van der Waals surface area (Å²) >= 11 is 3.08. The van der Waals surface area contributed by atoms with Gasteiger partial charge in [-0.1, -0.05) is 36.4 Å². The van der Waals surface area contributed by atoms with Crippen LogP contribution in [0.4, 0.5) is 23.0 Å². The fourth-order valence-corrected chi connectivity index (χ4v) is 7.72. The van der Waals surface area contributed by atoms with Crippen LogP contribution in [0.1, 0.15) is 48.7 Å². The van der Waals surface area contributed by atoms with Crippen LogP contribution in [0.25, 0.3) is 21.8 Å². The van der Waals surface area contributed by atoms with Crippen LogP contribution in [-0.2, 0) is 32.7 Å². The molecule has 8 aromatic rings. The molecule has 6 aromatic heterocycles. The van der Waals surface area contributed by atoms with Crippen molar-refractivity contribution in [2.75, 3.05) is 10.6 Å². The highest BCUT2D eigenvalue weighted by molar-refractivity contribution is 7.11. The maximum Gasteiger partial charge on any atom is 0.178 e. The molecule has 0 saturated heterocycles. The van der Waals surface area contributed by atoms with Gasteiger partial charge in [0, 0.05) is 70.2 Å². The number of rotatable bonds is 7. The average molecular weight is 765 g/mol. The molecule has 2 aromatic carbocycles. The van der Waals surface area contributed by atoms with E-state index in [0.29, 0.717) is 5.01 Å². The van der Waals surface area contributed by atoms with Crippen molar-refractivity contribution < 1.29 is 4.79 Å². The van der Waals surface area contributed by atoms with E-state index >= 15 is 0 Å². The minimum atomic E-state index is 0.558. The Morgan fingerprint density at radius 1 is 0.709 bits per heavy atom. The highest BCUT2D eigenvalue weighted by atomic mass is 32.1. The van der Waals surface area contributed by atoms with Crippen molar-refractivity contribution in [3.8, 4) is 0 Å². The van der Waals surface area contributed by atoms with Gasteiger partial charge in [-0.15, -0.1) is 22.7 Å². The van der Waals surface area contributed by atoms with Crippen LogP contribution in [0.3, 0.4) is 0 Å². The van der Waals surface area contributed by atoms with Gasteiger partial charge in [-0.05, 0) is 38.1 Å². The van der Waals surface area contributed by atoms with Crippen molar-refractivity contribution >= 4 is 73.8 Å². The number of pyridine rings is 2. The molecule has 10 rings (SSSR count). The number of hydrogen-bond donors (Lipinski definition) is 3. The molecule has 0 saturated carbocycles. The monoisotopic (exact) mass is 764 g/mol. The van der Waals surface area contributed by atoms with E-state index in [9.17, 15) is 4.79 Å². The number of aromatic nitrogens is 8. The molecule has 0 radical (unpaired) electrons. The van der Waals surface area contributed by atoms with Crippen molar-refractivity contribution in [3.63, 3.8) is 0 Å². The van der Waals surface area contributed by atoms with Gasteiger partial charge >= 0.3 is 0 Å². The molecule has 0 bridgehead atoms. The van der Waals surface area contributed by atoms with E-state index in [0.717, 1.165) is 123 Å². The summed E-state index contributed by atoms with van der Waals surface area (Å²) in [6.45, 7) is 7.99. The molecule has 13 nitrogen and oxygen atoms in total. The Labute approximate surface area is 325 Å². The molecule has 55 heavy (non-hydrogen) atoms. The molecule has 8 heterocycles. The Morgan fingerprint density at radius 2 is 1.33 bits per heavy atom. The van der Waals surface area contributed by atoms with E-state index < -0.39 is 0 Å². The number of anilines is 4. The molecular formula is C40H36N12OS2. The fraction of sp³-hybridized carbons (Fsp3) is 0.175. The first-order valence-corrected chi connectivity index (χ1v) is 19.3. The summed E-state index contributed by atoms with van der Waals surface area (Å²) in [6, 6.07) is 20.3. The third kappa shape index (κ3) is 8.66. The van der Waals surface area contributed by atoms with E-state index in [1.807, 2.05) is 68.0 Å². The molecule has 2 aliphatic heterocycles. The van der Waals surface area contributed by atoms with E-state index in [1.54, 1.807) is 24.0 Å². The Kier molecular flexibility index (Phi) is 10.8. The van der Waals surface area contributed by atoms with Crippen molar-refractivity contribution in [2.24, 2.45) is 0 Å². The van der Waals surface area contributed by atoms with E-state index in [-0.39, 0.29) is 0 Å². The summed E-state index contributed by atoms with van der Waals surface area (Å²) in [7, 11) is 0. The van der Waals surface area contributed by atoms with Gasteiger partial charge in [-0.3, -0.25) is 19.7 Å². The summed E-state index contributed by atoms with van der Waals surface area (Å²) in [5.74, 6) is 1.71. The molecule has 0 aliphatic carbocycles. The minimum Gasteiger partial charge on any atom is -0.339 e. The third-order valence-electron chi connectivity index (χ3n) is 8.89. The smallest absolute Gasteiger partial charge is 0.178 e. The molecule has 274 valence electrons. The van der Waals surface area contributed by atoms with Crippen LogP contribution >= 0.6 is 22.7 Å². The first-order valence-electron chi connectivity index (χ1n) is 17.6. The standard InChI is InChI=1S/C20H18N6S.C15H13N5.C5H5NOS/c1-13-11-27-19(24-13)10-26-8-16-18(9-26)22-12-23-20(16)25-15-6-14-4-2-3-5-17(14)21-7-15;1-2-4-13-10(3-1)5-11(6-17-13)20-15-12-7-16-8-14(12)18-9-19-15;1-4-3-8-5(2-7)6-4/h2-7,11-12H,8-10H2,1H3,(H,22,23,25);1-6,9,16H,7-8H2,(H,18,19,20);2-3H,1H3. The van der Waals surface area contributed by atoms with E-state index in [2.05, 4.69) is 90.4 Å². The Bertz CT molecular complexity index is 2610. The maximum atomic E-state index is 9.97. The summed E-state index contributed by atoms with van der Waals surface area (Å²) in [6.07, 6.45) is 7.67. The predicted molar refractivity (Wildman–Crippen MR) is 217 cm³/mol. The SMILES string of the molecule is Cc1csc(C=O)n1.Cc1csc(CN2Cc3ncnc(Nc4cnc5ccccc5c4)c3C2)n1.c1ccc2ncc(Nc3ncnc4c3CNC4)cc2c1. The van der Waals surface area contributed by atoms with Gasteiger partial charge in [0.1, 0.15) is 29.3 Å². The van der Waals surface area contributed by atoms with E-state index in [4.69, 9.17) is 0 Å². The molecule has 0 atom stereocenters. The number of nitrogens with zero attached hydrogens (tertiary/aromatic N) is 9. The summed E-state index contributed by atoms with van der Waals surface area (Å²) < 4.78 is 0. The molecule has 2 aliphatic rings. The highest BCUT2D eigenvalue weighted by Crippen LogP contribution is 2.30. The van der Waals surface area contributed by atoms with Gasteiger partial charge in [-0.25, -0.2) is 29.9 Å². The molecular weight excluding hydrogens is 729 g/mol. The van der Waals surface area contributed by atoms with Crippen molar-refractivity contribution in [1.29, 1.82) is 0 Å². The van der Waals surface area contributed by atoms with Gasteiger partial charge in [0.25, 0.3) is 0 Å². The predicted octanol–water partition coefficient (Wildman–Crippen LogP) is 7.68. The van der Waals surface area contributed by atoms with Gasteiger partial charge in [0.05, 0.1) is 52.7 Å². The maximum absolute atomic E-state index is 9.97. The number of benzene rings is 2. The van der Waals surface area contributed by atoms with Crippen LogP contribution in [0, 0.1) is 13.8 Å². The van der Waals surface area contributed by atoms with Crippen LogP contribution in [-0.4, -0.2) is 51.1 Å². The fourth-order valence-electron chi connectivity index (χ4n) is 6.31. The minimum absolute atomic E-state index is 0.558. The lowest BCUT2D eigenvalue weighted by atomic mass is 10.2. The number of fused-ring (bicyclic) bond motifs is 4. The number of nitrogens with one attached hydrogen (secondary N) is 3.